The first-order chi connectivity index (χ1) is 8.70. The number of nitrogens with one attached hydrogen (secondary N) is 1. The van der Waals surface area contributed by atoms with Gasteiger partial charge in [0.2, 0.25) is 0 Å². The summed E-state index contributed by atoms with van der Waals surface area (Å²) in [7, 11) is 1.35. The minimum atomic E-state index is -0.377. The molecule has 0 unspecified atom stereocenters. The highest BCUT2D eigenvalue weighted by molar-refractivity contribution is 5.90. The van der Waals surface area contributed by atoms with Gasteiger partial charge in [-0.1, -0.05) is 0 Å². The first-order valence-electron chi connectivity index (χ1n) is 5.53. The molecular weight excluding hydrogens is 232 g/mol. The maximum Gasteiger partial charge on any atom is 0.339 e. The number of ether oxygens (including phenoxy) is 1. The van der Waals surface area contributed by atoms with Gasteiger partial charge in [0.25, 0.3) is 0 Å². The van der Waals surface area contributed by atoms with Crippen LogP contribution in [0.25, 0.3) is 0 Å². The molecule has 0 aromatic carbocycles. The van der Waals surface area contributed by atoms with Crippen molar-refractivity contribution in [2.24, 2.45) is 0 Å². The number of nitrogens with zero attached hydrogens (tertiary/aromatic N) is 1. The van der Waals surface area contributed by atoms with Crippen LogP contribution in [0.4, 0.5) is 5.82 Å². The van der Waals surface area contributed by atoms with E-state index in [0.717, 1.165) is 5.76 Å². The van der Waals surface area contributed by atoms with Gasteiger partial charge in [-0.25, -0.2) is 9.78 Å². The maximum atomic E-state index is 11.4. The molecule has 94 valence electrons. The van der Waals surface area contributed by atoms with E-state index in [-0.39, 0.29) is 5.97 Å². The molecule has 2 heterocycles. The molecular formula is C13H14N2O3. The molecule has 0 fully saturated rings. The lowest BCUT2D eigenvalue weighted by Crippen LogP contribution is -2.07. The number of aryl methyl sites for hydroxylation is 1. The zero-order valence-corrected chi connectivity index (χ0v) is 10.3. The Kier molecular flexibility index (Phi) is 3.62. The van der Waals surface area contributed by atoms with Crippen LogP contribution >= 0.6 is 0 Å². The lowest BCUT2D eigenvalue weighted by molar-refractivity contribution is 0.0599. The summed E-state index contributed by atoms with van der Waals surface area (Å²) in [6.45, 7) is 2.32. The van der Waals surface area contributed by atoms with Crippen LogP contribution in [0.2, 0.25) is 0 Å². The zero-order valence-electron chi connectivity index (χ0n) is 10.3. The van der Waals surface area contributed by atoms with Crippen molar-refractivity contribution in [1.29, 1.82) is 0 Å². The van der Waals surface area contributed by atoms with Crippen LogP contribution in [-0.2, 0) is 11.3 Å². The second-order valence-electron chi connectivity index (χ2n) is 3.75. The standard InChI is InChI=1S/C13H14N2O3/c1-9-11(13(16)17-2)5-6-12(15-9)14-8-10-4-3-7-18-10/h3-7H,8H2,1-2H3,(H,14,15). The number of aromatic nitrogens is 1. The average molecular weight is 246 g/mol. The van der Waals surface area contributed by atoms with Gasteiger partial charge in [0.15, 0.2) is 0 Å². The number of rotatable bonds is 4. The van der Waals surface area contributed by atoms with Crippen molar-refractivity contribution in [2.45, 2.75) is 13.5 Å². The van der Waals surface area contributed by atoms with Gasteiger partial charge in [-0.15, -0.1) is 0 Å². The molecule has 0 spiro atoms. The van der Waals surface area contributed by atoms with E-state index in [1.54, 1.807) is 25.3 Å². The number of furan rings is 1. The number of carbonyl (C=O) groups is 1. The van der Waals surface area contributed by atoms with E-state index in [2.05, 4.69) is 15.0 Å². The number of carbonyl (C=O) groups excluding carboxylic acids is 1. The summed E-state index contributed by atoms with van der Waals surface area (Å²) in [5, 5.41) is 3.12. The Morgan fingerprint density at radius 1 is 1.44 bits per heavy atom. The monoisotopic (exact) mass is 246 g/mol. The second kappa shape index (κ2) is 5.35. The number of hydrogen-bond acceptors (Lipinski definition) is 5. The highest BCUT2D eigenvalue weighted by Crippen LogP contribution is 2.12. The van der Waals surface area contributed by atoms with Gasteiger partial charge < -0.3 is 14.5 Å². The topological polar surface area (TPSA) is 64.4 Å². The molecule has 0 aliphatic heterocycles. The first-order valence-corrected chi connectivity index (χ1v) is 5.53. The van der Waals surface area contributed by atoms with Gasteiger partial charge in [-0.05, 0) is 31.2 Å². The van der Waals surface area contributed by atoms with E-state index in [1.807, 2.05) is 12.1 Å². The van der Waals surface area contributed by atoms with Crippen LogP contribution in [-0.4, -0.2) is 18.1 Å². The minimum absolute atomic E-state index is 0.377. The summed E-state index contributed by atoms with van der Waals surface area (Å²) in [6.07, 6.45) is 1.62. The molecule has 0 amide bonds. The molecule has 0 atom stereocenters. The quantitative estimate of drug-likeness (QED) is 0.839. The molecule has 0 saturated carbocycles. The zero-order chi connectivity index (χ0) is 13.0. The molecule has 5 heteroatoms. The van der Waals surface area contributed by atoms with Crippen molar-refractivity contribution in [1.82, 2.24) is 4.98 Å². The van der Waals surface area contributed by atoms with Gasteiger partial charge in [0.05, 0.1) is 31.2 Å². The Balaban J connectivity index is 2.07. The Morgan fingerprint density at radius 2 is 2.28 bits per heavy atom. The fourth-order valence-corrected chi connectivity index (χ4v) is 1.58. The van der Waals surface area contributed by atoms with E-state index >= 15 is 0 Å². The van der Waals surface area contributed by atoms with E-state index in [4.69, 9.17) is 4.42 Å². The molecule has 0 saturated heterocycles. The van der Waals surface area contributed by atoms with Crippen molar-refractivity contribution in [3.63, 3.8) is 0 Å². The fourth-order valence-electron chi connectivity index (χ4n) is 1.58. The number of esters is 1. The summed E-state index contributed by atoms with van der Waals surface area (Å²) >= 11 is 0. The number of pyridine rings is 1. The molecule has 2 aromatic rings. The van der Waals surface area contributed by atoms with Crippen molar-refractivity contribution in [3.8, 4) is 0 Å². The van der Waals surface area contributed by atoms with Gasteiger partial charge in [-0.3, -0.25) is 0 Å². The predicted octanol–water partition coefficient (Wildman–Crippen LogP) is 2.38. The van der Waals surface area contributed by atoms with E-state index < -0.39 is 0 Å². The Morgan fingerprint density at radius 3 is 2.89 bits per heavy atom. The highest BCUT2D eigenvalue weighted by atomic mass is 16.5. The molecule has 2 rings (SSSR count). The van der Waals surface area contributed by atoms with Crippen LogP contribution in [0.3, 0.4) is 0 Å². The molecule has 0 bridgehead atoms. The number of anilines is 1. The van der Waals surface area contributed by atoms with Crippen molar-refractivity contribution < 1.29 is 13.9 Å². The number of methoxy groups -OCH3 is 1. The molecule has 0 aliphatic carbocycles. The average Bonchev–Trinajstić information content (AvgIpc) is 2.88. The van der Waals surface area contributed by atoms with Crippen LogP contribution in [0.1, 0.15) is 21.8 Å². The summed E-state index contributed by atoms with van der Waals surface area (Å²) in [4.78, 5) is 15.7. The molecule has 18 heavy (non-hydrogen) atoms. The van der Waals surface area contributed by atoms with Gasteiger partial charge in [0, 0.05) is 0 Å². The molecule has 0 radical (unpaired) electrons. The minimum Gasteiger partial charge on any atom is -0.467 e. The van der Waals surface area contributed by atoms with Gasteiger partial charge >= 0.3 is 5.97 Å². The Bertz CT molecular complexity index is 535. The van der Waals surface area contributed by atoms with E-state index in [9.17, 15) is 4.79 Å². The molecule has 1 N–H and O–H groups in total. The SMILES string of the molecule is COC(=O)c1ccc(NCc2ccco2)nc1C. The highest BCUT2D eigenvalue weighted by Gasteiger charge is 2.10. The van der Waals surface area contributed by atoms with E-state index in [1.165, 1.54) is 7.11 Å². The summed E-state index contributed by atoms with van der Waals surface area (Å²) < 4.78 is 9.86. The van der Waals surface area contributed by atoms with Crippen LogP contribution in [0.15, 0.2) is 34.9 Å². The van der Waals surface area contributed by atoms with Gasteiger partial charge in [0.1, 0.15) is 11.6 Å². The third-order valence-electron chi connectivity index (χ3n) is 2.51. The normalized spacial score (nSPS) is 10.1. The van der Waals surface area contributed by atoms with Crippen LogP contribution in [0, 0.1) is 6.92 Å². The van der Waals surface area contributed by atoms with Crippen LogP contribution < -0.4 is 5.32 Å². The number of hydrogen-bond donors (Lipinski definition) is 1. The lowest BCUT2D eigenvalue weighted by Gasteiger charge is -2.07. The molecule has 2 aromatic heterocycles. The summed E-state index contributed by atoms with van der Waals surface area (Å²) in [6, 6.07) is 7.14. The second-order valence-corrected chi connectivity index (χ2v) is 3.75. The Labute approximate surface area is 105 Å². The van der Waals surface area contributed by atoms with Crippen molar-refractivity contribution in [3.05, 3.63) is 47.5 Å². The third-order valence-corrected chi connectivity index (χ3v) is 2.51. The van der Waals surface area contributed by atoms with Gasteiger partial charge in [-0.2, -0.15) is 0 Å². The predicted molar refractivity (Wildman–Crippen MR) is 66.3 cm³/mol. The lowest BCUT2D eigenvalue weighted by atomic mass is 10.2. The van der Waals surface area contributed by atoms with E-state index in [0.29, 0.717) is 23.6 Å². The largest absolute Gasteiger partial charge is 0.467 e. The first kappa shape index (κ1) is 12.2. The fraction of sp³-hybridized carbons (Fsp3) is 0.231. The van der Waals surface area contributed by atoms with Crippen molar-refractivity contribution in [2.75, 3.05) is 12.4 Å². The molecule has 0 aliphatic rings. The molecule has 5 nitrogen and oxygen atoms in total. The Hall–Kier alpha value is -2.30. The summed E-state index contributed by atoms with van der Waals surface area (Å²) in [5.74, 6) is 1.14. The van der Waals surface area contributed by atoms with Crippen molar-refractivity contribution >= 4 is 11.8 Å². The summed E-state index contributed by atoms with van der Waals surface area (Å²) in [5.41, 5.74) is 1.10. The third kappa shape index (κ3) is 2.68. The maximum absolute atomic E-state index is 11.4. The van der Waals surface area contributed by atoms with Crippen LogP contribution in [0.5, 0.6) is 0 Å². The smallest absolute Gasteiger partial charge is 0.339 e.